The van der Waals surface area contributed by atoms with Crippen molar-refractivity contribution in [1.29, 1.82) is 0 Å². The first-order chi connectivity index (χ1) is 12.2. The molecule has 5 nitrogen and oxygen atoms in total. The van der Waals surface area contributed by atoms with Crippen LogP contribution in [0, 0.1) is 5.92 Å². The van der Waals surface area contributed by atoms with Gasteiger partial charge in [-0.3, -0.25) is 0 Å². The van der Waals surface area contributed by atoms with E-state index in [1.165, 1.54) is 12.1 Å². The average molecular weight is 373 g/mol. The summed E-state index contributed by atoms with van der Waals surface area (Å²) in [5.74, 6) is 0.316. The molecule has 1 aliphatic heterocycles. The number of carbonyl (C=O) groups is 1. The Labute approximate surface area is 152 Å². The zero-order valence-corrected chi connectivity index (χ0v) is 15.3. The maximum absolute atomic E-state index is 12.6. The van der Waals surface area contributed by atoms with Crippen molar-refractivity contribution in [2.45, 2.75) is 32.5 Å². The van der Waals surface area contributed by atoms with Crippen LogP contribution in [0.15, 0.2) is 24.3 Å². The second-order valence-electron chi connectivity index (χ2n) is 6.67. The van der Waals surface area contributed by atoms with Gasteiger partial charge in [0.1, 0.15) is 5.75 Å². The van der Waals surface area contributed by atoms with Crippen LogP contribution in [-0.2, 0) is 0 Å². The number of piperidine rings is 1. The van der Waals surface area contributed by atoms with Gasteiger partial charge in [0.25, 0.3) is 0 Å². The molecule has 1 heterocycles. The molecule has 1 aromatic carbocycles. The van der Waals surface area contributed by atoms with E-state index >= 15 is 0 Å². The highest BCUT2D eigenvalue weighted by Gasteiger charge is 2.31. The van der Waals surface area contributed by atoms with E-state index in [4.69, 9.17) is 4.74 Å². The summed E-state index contributed by atoms with van der Waals surface area (Å²) >= 11 is 0. The predicted octanol–water partition coefficient (Wildman–Crippen LogP) is 3.82. The minimum Gasteiger partial charge on any atom is -0.482 e. The van der Waals surface area contributed by atoms with Gasteiger partial charge in [-0.2, -0.15) is 13.2 Å². The van der Waals surface area contributed by atoms with Gasteiger partial charge in [0.2, 0.25) is 0 Å². The maximum atomic E-state index is 12.6. The summed E-state index contributed by atoms with van der Waals surface area (Å²) in [5.41, 5.74) is 0.229. The molecule has 1 N–H and O–H groups in total. The highest BCUT2D eigenvalue weighted by atomic mass is 19.4. The van der Waals surface area contributed by atoms with Crippen molar-refractivity contribution in [2.75, 3.05) is 38.6 Å². The summed E-state index contributed by atoms with van der Waals surface area (Å²) < 4.78 is 42.0. The first-order valence-corrected chi connectivity index (χ1v) is 8.76. The SMILES string of the molecule is CCN1CC[C@@H](N(C)C(=O)Nc2ccccc2OCC(F)(F)F)[C@@H](C)C1. The van der Waals surface area contributed by atoms with Crippen molar-refractivity contribution in [3.8, 4) is 5.75 Å². The lowest BCUT2D eigenvalue weighted by Gasteiger charge is -2.40. The van der Waals surface area contributed by atoms with Gasteiger partial charge in [-0.15, -0.1) is 0 Å². The molecule has 0 aliphatic carbocycles. The topological polar surface area (TPSA) is 44.8 Å². The molecule has 146 valence electrons. The normalized spacial score (nSPS) is 21.3. The fourth-order valence-electron chi connectivity index (χ4n) is 3.29. The van der Waals surface area contributed by atoms with E-state index < -0.39 is 12.8 Å². The molecule has 8 heteroatoms. The fraction of sp³-hybridized carbons (Fsp3) is 0.611. The number of amides is 2. The van der Waals surface area contributed by atoms with E-state index in [-0.39, 0.29) is 23.5 Å². The molecule has 0 spiro atoms. The van der Waals surface area contributed by atoms with E-state index in [1.807, 2.05) is 0 Å². The summed E-state index contributed by atoms with van der Waals surface area (Å²) in [5, 5.41) is 2.67. The lowest BCUT2D eigenvalue weighted by atomic mass is 9.93. The Bertz CT molecular complexity index is 610. The van der Waals surface area contributed by atoms with Gasteiger partial charge in [-0.05, 0) is 31.0 Å². The highest BCUT2D eigenvalue weighted by molar-refractivity contribution is 5.91. The number of alkyl halides is 3. The summed E-state index contributed by atoms with van der Waals surface area (Å²) in [6.45, 7) is 5.65. The quantitative estimate of drug-likeness (QED) is 0.853. The summed E-state index contributed by atoms with van der Waals surface area (Å²) in [4.78, 5) is 16.6. The largest absolute Gasteiger partial charge is 0.482 e. The molecule has 2 amide bonds. The molecule has 1 aliphatic rings. The number of nitrogens with zero attached hydrogens (tertiary/aromatic N) is 2. The van der Waals surface area contributed by atoms with Gasteiger partial charge in [0.15, 0.2) is 6.61 Å². The van der Waals surface area contributed by atoms with Gasteiger partial charge in [0, 0.05) is 26.2 Å². The third kappa shape index (κ3) is 5.52. The van der Waals surface area contributed by atoms with Crippen molar-refractivity contribution >= 4 is 11.7 Å². The van der Waals surface area contributed by atoms with Gasteiger partial charge >= 0.3 is 12.2 Å². The number of ether oxygens (including phenoxy) is 1. The summed E-state index contributed by atoms with van der Waals surface area (Å²) in [6, 6.07) is 5.87. The number of halogens is 3. The van der Waals surface area contributed by atoms with Crippen LogP contribution >= 0.6 is 0 Å². The van der Waals surface area contributed by atoms with E-state index in [9.17, 15) is 18.0 Å². The molecule has 0 bridgehead atoms. The Hall–Kier alpha value is -1.96. The molecule has 2 atom stereocenters. The van der Waals surface area contributed by atoms with E-state index in [0.29, 0.717) is 5.92 Å². The summed E-state index contributed by atoms with van der Waals surface area (Å²) in [6.07, 6.45) is -3.57. The van der Waals surface area contributed by atoms with Crippen LogP contribution in [0.25, 0.3) is 0 Å². The van der Waals surface area contributed by atoms with E-state index in [1.54, 1.807) is 24.1 Å². The average Bonchev–Trinajstić information content (AvgIpc) is 2.59. The Balaban J connectivity index is 2.01. The van der Waals surface area contributed by atoms with Crippen LogP contribution in [0.3, 0.4) is 0 Å². The minimum atomic E-state index is -4.43. The van der Waals surface area contributed by atoms with Crippen molar-refractivity contribution in [1.82, 2.24) is 9.80 Å². The Morgan fingerprint density at radius 2 is 2.08 bits per heavy atom. The molecule has 0 aromatic heterocycles. The predicted molar refractivity (Wildman–Crippen MR) is 94.5 cm³/mol. The standard InChI is InChI=1S/C18H26F3N3O2/c1-4-24-10-9-15(13(2)11-24)23(3)17(25)22-14-7-5-6-8-16(14)26-12-18(19,20)21/h5-8,13,15H,4,9-12H2,1-3H3,(H,22,25)/t13-,15+/m0/s1. The Kier molecular flexibility index (Phi) is 6.75. The van der Waals surface area contributed by atoms with Gasteiger partial charge in [-0.1, -0.05) is 26.0 Å². The molecule has 0 saturated carbocycles. The Morgan fingerprint density at radius 1 is 1.38 bits per heavy atom. The van der Waals surface area contributed by atoms with Crippen LogP contribution in [0.4, 0.5) is 23.7 Å². The van der Waals surface area contributed by atoms with Crippen molar-refractivity contribution < 1.29 is 22.7 Å². The van der Waals surface area contributed by atoms with Crippen LogP contribution in [0.1, 0.15) is 20.3 Å². The second-order valence-corrected chi connectivity index (χ2v) is 6.67. The molecule has 1 fully saturated rings. The van der Waals surface area contributed by atoms with E-state index in [2.05, 4.69) is 24.1 Å². The van der Waals surface area contributed by atoms with Crippen molar-refractivity contribution in [3.05, 3.63) is 24.3 Å². The zero-order chi connectivity index (χ0) is 19.3. The van der Waals surface area contributed by atoms with Crippen molar-refractivity contribution in [2.24, 2.45) is 5.92 Å². The van der Waals surface area contributed by atoms with Crippen molar-refractivity contribution in [3.63, 3.8) is 0 Å². The Morgan fingerprint density at radius 3 is 2.69 bits per heavy atom. The van der Waals surface area contributed by atoms with Crippen LogP contribution < -0.4 is 10.1 Å². The lowest BCUT2D eigenvalue weighted by Crippen LogP contribution is -2.51. The molecule has 26 heavy (non-hydrogen) atoms. The first-order valence-electron chi connectivity index (χ1n) is 8.76. The number of carbonyl (C=O) groups excluding carboxylic acids is 1. The number of hydrogen-bond acceptors (Lipinski definition) is 3. The molecule has 1 saturated heterocycles. The fourth-order valence-corrected chi connectivity index (χ4v) is 3.29. The number of anilines is 1. The highest BCUT2D eigenvalue weighted by Crippen LogP contribution is 2.27. The number of rotatable bonds is 5. The van der Waals surface area contributed by atoms with Gasteiger partial charge < -0.3 is 19.9 Å². The minimum absolute atomic E-state index is 0.000394. The number of benzene rings is 1. The zero-order valence-electron chi connectivity index (χ0n) is 15.3. The molecular weight excluding hydrogens is 347 g/mol. The molecule has 1 aromatic rings. The maximum Gasteiger partial charge on any atom is 0.422 e. The third-order valence-electron chi connectivity index (χ3n) is 4.73. The number of nitrogens with one attached hydrogen (secondary N) is 1. The lowest BCUT2D eigenvalue weighted by molar-refractivity contribution is -0.153. The van der Waals surface area contributed by atoms with Crippen LogP contribution in [0.2, 0.25) is 0 Å². The molecular formula is C18H26F3N3O2. The molecule has 2 rings (SSSR count). The first kappa shape index (κ1) is 20.4. The smallest absolute Gasteiger partial charge is 0.422 e. The summed E-state index contributed by atoms with van der Waals surface area (Å²) in [7, 11) is 1.72. The molecule has 0 unspecified atom stereocenters. The van der Waals surface area contributed by atoms with E-state index in [0.717, 1.165) is 26.1 Å². The van der Waals surface area contributed by atoms with Gasteiger partial charge in [-0.25, -0.2) is 4.79 Å². The third-order valence-corrected chi connectivity index (χ3v) is 4.73. The van der Waals surface area contributed by atoms with Gasteiger partial charge in [0.05, 0.1) is 5.69 Å². The second kappa shape index (κ2) is 8.62. The number of likely N-dealkylation sites (tertiary alicyclic amines) is 1. The number of hydrogen-bond donors (Lipinski definition) is 1. The van der Waals surface area contributed by atoms with Crippen LogP contribution in [-0.4, -0.2) is 61.3 Å². The monoisotopic (exact) mass is 373 g/mol. The number of urea groups is 1. The molecule has 0 radical (unpaired) electrons. The number of para-hydroxylation sites is 2. The van der Waals surface area contributed by atoms with Crippen LogP contribution in [0.5, 0.6) is 5.75 Å².